The SMILES string of the molecule is C#CCNC(=NCCOc1c(C)cccc1C)NCC.I. The fraction of sp³-hybridized carbons (Fsp3) is 0.438. The van der Waals surface area contributed by atoms with Crippen molar-refractivity contribution in [3.63, 3.8) is 0 Å². The number of ether oxygens (including phenoxy) is 1. The van der Waals surface area contributed by atoms with Gasteiger partial charge in [-0.25, -0.2) is 4.99 Å². The number of hydrogen-bond acceptors (Lipinski definition) is 2. The first kappa shape index (κ1) is 19.6. The summed E-state index contributed by atoms with van der Waals surface area (Å²) >= 11 is 0. The molecule has 0 radical (unpaired) electrons. The van der Waals surface area contributed by atoms with Crippen molar-refractivity contribution in [1.82, 2.24) is 10.6 Å². The van der Waals surface area contributed by atoms with Crippen LogP contribution in [0.25, 0.3) is 0 Å². The first-order valence-electron chi connectivity index (χ1n) is 6.83. The monoisotopic (exact) mass is 401 g/mol. The fourth-order valence-electron chi connectivity index (χ4n) is 1.81. The lowest BCUT2D eigenvalue weighted by atomic mass is 10.1. The van der Waals surface area contributed by atoms with Gasteiger partial charge >= 0.3 is 0 Å². The summed E-state index contributed by atoms with van der Waals surface area (Å²) in [5.74, 6) is 4.19. The lowest BCUT2D eigenvalue weighted by Crippen LogP contribution is -2.37. The Morgan fingerprint density at radius 3 is 2.52 bits per heavy atom. The molecule has 0 aliphatic rings. The third kappa shape index (κ3) is 7.23. The highest BCUT2D eigenvalue weighted by atomic mass is 127. The number of halogens is 1. The molecule has 0 aromatic heterocycles. The second-order valence-electron chi connectivity index (χ2n) is 4.39. The standard InChI is InChI=1S/C16H23N3O.HI/c1-5-10-18-16(17-6-2)19-11-12-20-15-13(3)8-7-9-14(15)4;/h1,7-9H,6,10-12H2,2-4H3,(H2,17,18,19);1H. The summed E-state index contributed by atoms with van der Waals surface area (Å²) in [6.07, 6.45) is 5.22. The molecule has 0 saturated heterocycles. The summed E-state index contributed by atoms with van der Waals surface area (Å²) in [6, 6.07) is 6.12. The van der Waals surface area contributed by atoms with E-state index in [0.717, 1.165) is 29.4 Å². The van der Waals surface area contributed by atoms with Gasteiger partial charge in [0, 0.05) is 6.54 Å². The Labute approximate surface area is 144 Å². The van der Waals surface area contributed by atoms with Crippen LogP contribution in [-0.2, 0) is 0 Å². The minimum absolute atomic E-state index is 0. The van der Waals surface area contributed by atoms with Crippen molar-refractivity contribution >= 4 is 29.9 Å². The Morgan fingerprint density at radius 2 is 1.95 bits per heavy atom. The van der Waals surface area contributed by atoms with Crippen molar-refractivity contribution in [1.29, 1.82) is 0 Å². The van der Waals surface area contributed by atoms with E-state index >= 15 is 0 Å². The lowest BCUT2D eigenvalue weighted by Gasteiger charge is -2.12. The summed E-state index contributed by atoms with van der Waals surface area (Å²) in [4.78, 5) is 4.40. The zero-order valence-electron chi connectivity index (χ0n) is 12.9. The molecule has 0 atom stereocenters. The largest absolute Gasteiger partial charge is 0.491 e. The van der Waals surface area contributed by atoms with E-state index in [-0.39, 0.29) is 24.0 Å². The van der Waals surface area contributed by atoms with Crippen LogP contribution >= 0.6 is 24.0 Å². The van der Waals surface area contributed by atoms with Gasteiger partial charge in [0.15, 0.2) is 5.96 Å². The van der Waals surface area contributed by atoms with Crippen LogP contribution in [-0.4, -0.2) is 32.2 Å². The Balaban J connectivity index is 0.00000400. The van der Waals surface area contributed by atoms with Crippen molar-refractivity contribution < 1.29 is 4.74 Å². The quantitative estimate of drug-likeness (QED) is 0.253. The lowest BCUT2D eigenvalue weighted by molar-refractivity contribution is 0.324. The summed E-state index contributed by atoms with van der Waals surface area (Å²) in [6.45, 7) is 8.48. The van der Waals surface area contributed by atoms with Crippen molar-refractivity contribution in [3.8, 4) is 18.1 Å². The minimum atomic E-state index is 0. The number of terminal acetylenes is 1. The normalized spacial score (nSPS) is 10.3. The van der Waals surface area contributed by atoms with Crippen LogP contribution in [0.2, 0.25) is 0 Å². The predicted octanol–water partition coefficient (Wildman–Crippen LogP) is 2.49. The molecule has 0 saturated carbocycles. The number of rotatable bonds is 6. The number of nitrogens with zero attached hydrogens (tertiary/aromatic N) is 1. The first-order chi connectivity index (χ1) is 9.69. The Bertz CT molecular complexity index is 475. The van der Waals surface area contributed by atoms with E-state index in [2.05, 4.69) is 21.5 Å². The smallest absolute Gasteiger partial charge is 0.192 e. The number of hydrogen-bond donors (Lipinski definition) is 2. The minimum Gasteiger partial charge on any atom is -0.491 e. The number of aliphatic imine (C=N–C) groups is 1. The summed E-state index contributed by atoms with van der Waals surface area (Å²) in [5, 5.41) is 6.17. The molecule has 0 aliphatic carbocycles. The van der Waals surface area contributed by atoms with Gasteiger partial charge in [0.25, 0.3) is 0 Å². The number of para-hydroxylation sites is 1. The highest BCUT2D eigenvalue weighted by Crippen LogP contribution is 2.21. The molecule has 1 rings (SSSR count). The van der Waals surface area contributed by atoms with E-state index in [0.29, 0.717) is 19.7 Å². The van der Waals surface area contributed by atoms with E-state index in [1.54, 1.807) is 0 Å². The molecule has 0 unspecified atom stereocenters. The highest BCUT2D eigenvalue weighted by Gasteiger charge is 2.02. The maximum absolute atomic E-state index is 5.80. The Morgan fingerprint density at radius 1 is 1.29 bits per heavy atom. The summed E-state index contributed by atoms with van der Waals surface area (Å²) < 4.78 is 5.80. The number of aryl methyl sites for hydroxylation is 2. The van der Waals surface area contributed by atoms with E-state index in [4.69, 9.17) is 11.2 Å². The molecule has 2 N–H and O–H groups in total. The highest BCUT2D eigenvalue weighted by molar-refractivity contribution is 14.0. The molecule has 0 fully saturated rings. The molecule has 4 nitrogen and oxygen atoms in total. The first-order valence-corrected chi connectivity index (χ1v) is 6.83. The molecule has 0 aliphatic heterocycles. The molecular formula is C16H24IN3O. The molecule has 0 spiro atoms. The predicted molar refractivity (Wildman–Crippen MR) is 99.6 cm³/mol. The van der Waals surface area contributed by atoms with Gasteiger partial charge in [-0.05, 0) is 31.9 Å². The van der Waals surface area contributed by atoms with Gasteiger partial charge in [0.2, 0.25) is 0 Å². The number of guanidine groups is 1. The van der Waals surface area contributed by atoms with Crippen molar-refractivity contribution in [2.75, 3.05) is 26.2 Å². The van der Waals surface area contributed by atoms with Gasteiger partial charge < -0.3 is 15.4 Å². The van der Waals surface area contributed by atoms with E-state index in [1.165, 1.54) is 0 Å². The molecule has 1 aromatic rings. The van der Waals surface area contributed by atoms with Gasteiger partial charge in [-0.2, -0.15) is 0 Å². The van der Waals surface area contributed by atoms with Crippen LogP contribution in [0.4, 0.5) is 0 Å². The van der Waals surface area contributed by atoms with Crippen LogP contribution in [0.15, 0.2) is 23.2 Å². The zero-order valence-corrected chi connectivity index (χ0v) is 15.2. The van der Waals surface area contributed by atoms with Gasteiger partial charge in [0.1, 0.15) is 12.4 Å². The second-order valence-corrected chi connectivity index (χ2v) is 4.39. The van der Waals surface area contributed by atoms with Crippen molar-refractivity contribution in [2.24, 2.45) is 4.99 Å². The third-order valence-electron chi connectivity index (χ3n) is 2.72. The molecule has 5 heteroatoms. The number of benzene rings is 1. The molecule has 1 aromatic carbocycles. The fourth-order valence-corrected chi connectivity index (χ4v) is 1.81. The molecule has 21 heavy (non-hydrogen) atoms. The topological polar surface area (TPSA) is 45.7 Å². The van der Waals surface area contributed by atoms with Crippen LogP contribution in [0.1, 0.15) is 18.1 Å². The third-order valence-corrected chi connectivity index (χ3v) is 2.72. The summed E-state index contributed by atoms with van der Waals surface area (Å²) in [5.41, 5.74) is 2.29. The second kappa shape index (κ2) is 11.3. The van der Waals surface area contributed by atoms with E-state index in [9.17, 15) is 0 Å². The van der Waals surface area contributed by atoms with Gasteiger partial charge in [-0.1, -0.05) is 24.1 Å². The maximum Gasteiger partial charge on any atom is 0.192 e. The average molecular weight is 401 g/mol. The van der Waals surface area contributed by atoms with E-state index < -0.39 is 0 Å². The van der Waals surface area contributed by atoms with Crippen molar-refractivity contribution in [3.05, 3.63) is 29.3 Å². The summed E-state index contributed by atoms with van der Waals surface area (Å²) in [7, 11) is 0. The van der Waals surface area contributed by atoms with E-state index in [1.807, 2.05) is 39.0 Å². The van der Waals surface area contributed by atoms with Gasteiger partial charge in [-0.3, -0.25) is 0 Å². The van der Waals surface area contributed by atoms with Gasteiger partial charge in [0.05, 0.1) is 13.1 Å². The van der Waals surface area contributed by atoms with Crippen LogP contribution in [0.5, 0.6) is 5.75 Å². The molecule has 0 amide bonds. The molecule has 116 valence electrons. The van der Waals surface area contributed by atoms with Crippen LogP contribution in [0, 0.1) is 26.2 Å². The number of nitrogens with one attached hydrogen (secondary N) is 2. The van der Waals surface area contributed by atoms with Gasteiger partial charge in [-0.15, -0.1) is 30.4 Å². The van der Waals surface area contributed by atoms with Crippen LogP contribution < -0.4 is 15.4 Å². The zero-order chi connectivity index (χ0) is 14.8. The maximum atomic E-state index is 5.80. The molecular weight excluding hydrogens is 377 g/mol. The Hall–Kier alpha value is -1.42. The van der Waals surface area contributed by atoms with Crippen molar-refractivity contribution in [2.45, 2.75) is 20.8 Å². The average Bonchev–Trinajstić information content (AvgIpc) is 2.43. The van der Waals surface area contributed by atoms with Crippen LogP contribution in [0.3, 0.4) is 0 Å². The molecule has 0 heterocycles. The Kier molecular flexibility index (Phi) is 10.5. The molecule has 0 bridgehead atoms.